The minimum atomic E-state index is -0.576. The van der Waals surface area contributed by atoms with Crippen molar-refractivity contribution in [3.63, 3.8) is 0 Å². The van der Waals surface area contributed by atoms with Crippen molar-refractivity contribution in [2.75, 3.05) is 33.5 Å². The van der Waals surface area contributed by atoms with Gasteiger partial charge in [0, 0.05) is 18.3 Å². The Morgan fingerprint density at radius 3 is 2.09 bits per heavy atom. The zero-order valence-corrected chi connectivity index (χ0v) is 22.2. The van der Waals surface area contributed by atoms with Crippen LogP contribution in [0.3, 0.4) is 0 Å². The molecule has 180 valence electrons. The number of nitrogens with zero attached hydrogens (tertiary/aromatic N) is 2. The molecule has 3 aliphatic rings. The van der Waals surface area contributed by atoms with Gasteiger partial charge in [-0.05, 0) is 41.2 Å². The van der Waals surface area contributed by atoms with E-state index in [-0.39, 0.29) is 24.0 Å². The minimum absolute atomic E-state index is 0. The lowest BCUT2D eigenvalue weighted by Gasteiger charge is -2.34. The number of nitriles is 1. The van der Waals surface area contributed by atoms with Crippen molar-refractivity contribution in [2.45, 2.75) is 18.3 Å². The molecule has 3 aromatic carbocycles. The molecule has 2 aliphatic heterocycles. The van der Waals surface area contributed by atoms with Crippen LogP contribution in [0.1, 0.15) is 23.1 Å². The normalized spacial score (nSPS) is 25.9. The lowest BCUT2D eigenvalue weighted by atomic mass is 9.71. The maximum atomic E-state index is 10.5. The number of piperidine rings is 1. The molecule has 35 heavy (non-hydrogen) atoms. The molecule has 0 spiro atoms. The van der Waals surface area contributed by atoms with E-state index in [0.717, 1.165) is 58.3 Å². The van der Waals surface area contributed by atoms with Crippen LogP contribution in [0.4, 0.5) is 0 Å². The molecule has 3 aromatic rings. The van der Waals surface area contributed by atoms with E-state index in [1.54, 1.807) is 0 Å². The van der Waals surface area contributed by atoms with Crippen LogP contribution in [0.5, 0.6) is 11.5 Å². The molecular formula is C30H31IN2O2. The fourth-order valence-electron chi connectivity index (χ4n) is 6.52. The summed E-state index contributed by atoms with van der Waals surface area (Å²) in [7, 11) is 2.40. The van der Waals surface area contributed by atoms with Crippen LogP contribution in [0.25, 0.3) is 0 Å². The topological polar surface area (TPSA) is 42.2 Å². The van der Waals surface area contributed by atoms with Gasteiger partial charge in [0.15, 0.2) is 11.5 Å². The Hall–Kier alpha value is -2.56. The van der Waals surface area contributed by atoms with Gasteiger partial charge in [0.1, 0.15) is 5.41 Å². The molecule has 0 bridgehead atoms. The van der Waals surface area contributed by atoms with E-state index in [1.807, 2.05) is 18.2 Å². The van der Waals surface area contributed by atoms with Gasteiger partial charge in [0.2, 0.25) is 6.79 Å². The summed E-state index contributed by atoms with van der Waals surface area (Å²) < 4.78 is 12.1. The van der Waals surface area contributed by atoms with Gasteiger partial charge in [0.25, 0.3) is 0 Å². The molecular weight excluding hydrogens is 547 g/mol. The molecule has 1 aliphatic carbocycles. The molecule has 5 heteroatoms. The largest absolute Gasteiger partial charge is 1.00 e. The van der Waals surface area contributed by atoms with Crippen molar-refractivity contribution in [1.29, 1.82) is 5.26 Å². The maximum absolute atomic E-state index is 10.5. The first-order valence-corrected chi connectivity index (χ1v) is 12.3. The predicted octanol–water partition coefficient (Wildman–Crippen LogP) is 2.18. The van der Waals surface area contributed by atoms with Crippen LogP contribution in [0.2, 0.25) is 0 Å². The van der Waals surface area contributed by atoms with E-state index in [0.29, 0.717) is 12.7 Å². The Labute approximate surface area is 225 Å². The van der Waals surface area contributed by atoms with Gasteiger partial charge < -0.3 is 37.9 Å². The van der Waals surface area contributed by atoms with Crippen LogP contribution in [0.15, 0.2) is 78.9 Å². The highest BCUT2D eigenvalue weighted by molar-refractivity contribution is 5.46. The number of hydrogen-bond donors (Lipinski definition) is 0. The second-order valence-corrected chi connectivity index (χ2v) is 10.6. The number of rotatable bonds is 7. The Morgan fingerprint density at radius 1 is 0.886 bits per heavy atom. The molecule has 0 radical (unpaired) electrons. The van der Waals surface area contributed by atoms with E-state index in [1.165, 1.54) is 18.7 Å². The van der Waals surface area contributed by atoms with Gasteiger partial charge in [-0.2, -0.15) is 5.26 Å². The zero-order valence-electron chi connectivity index (χ0n) is 20.1. The van der Waals surface area contributed by atoms with E-state index < -0.39 is 5.41 Å². The SMILES string of the molecule is C[N+]1(CCc2ccc3c(c2)OCO3)CC2C(CC(C#N)(c3ccccc3)c3ccccc3)C2C1.[I-]. The number of likely N-dealkylation sites (tertiary alicyclic amines) is 1. The van der Waals surface area contributed by atoms with Gasteiger partial charge in [-0.15, -0.1) is 0 Å². The summed E-state index contributed by atoms with van der Waals surface area (Å²) in [6.45, 7) is 3.89. The number of fused-ring (bicyclic) bond motifs is 2. The first-order valence-electron chi connectivity index (χ1n) is 12.3. The highest BCUT2D eigenvalue weighted by atomic mass is 127. The third-order valence-electron chi connectivity index (χ3n) is 8.46. The Kier molecular flexibility index (Phi) is 6.54. The molecule has 1 saturated carbocycles. The van der Waals surface area contributed by atoms with E-state index in [9.17, 15) is 5.26 Å². The predicted molar refractivity (Wildman–Crippen MR) is 131 cm³/mol. The summed E-state index contributed by atoms with van der Waals surface area (Å²) in [5.74, 6) is 3.80. The second kappa shape index (κ2) is 9.48. The van der Waals surface area contributed by atoms with Crippen molar-refractivity contribution in [3.8, 4) is 17.6 Å². The van der Waals surface area contributed by atoms with Crippen LogP contribution >= 0.6 is 0 Å². The summed E-state index contributed by atoms with van der Waals surface area (Å²) >= 11 is 0. The minimum Gasteiger partial charge on any atom is -1.00 e. The molecule has 0 amide bonds. The number of benzene rings is 3. The Bertz CT molecular complexity index is 1170. The van der Waals surface area contributed by atoms with Crippen LogP contribution in [0, 0.1) is 29.1 Å². The van der Waals surface area contributed by atoms with Gasteiger partial charge in [-0.25, -0.2) is 0 Å². The number of hydrogen-bond acceptors (Lipinski definition) is 3. The Balaban J connectivity index is 0.00000253. The second-order valence-electron chi connectivity index (χ2n) is 10.6. The third kappa shape index (κ3) is 4.43. The molecule has 4 nitrogen and oxygen atoms in total. The molecule has 0 N–H and O–H groups in total. The highest BCUT2D eigenvalue weighted by Gasteiger charge is 2.63. The molecule has 2 heterocycles. The van der Waals surface area contributed by atoms with Crippen molar-refractivity contribution in [1.82, 2.24) is 0 Å². The van der Waals surface area contributed by atoms with Gasteiger partial charge >= 0.3 is 0 Å². The summed E-state index contributed by atoms with van der Waals surface area (Å²) in [5, 5.41) is 10.5. The van der Waals surface area contributed by atoms with E-state index in [4.69, 9.17) is 9.47 Å². The molecule has 2 unspecified atom stereocenters. The molecule has 6 rings (SSSR count). The quantitative estimate of drug-likeness (QED) is 0.319. The number of ether oxygens (including phenoxy) is 2. The number of quaternary nitrogens is 1. The number of likely N-dealkylation sites (N-methyl/N-ethyl adjacent to an activating group) is 1. The summed E-state index contributed by atoms with van der Waals surface area (Å²) in [6.07, 6.45) is 1.96. The lowest BCUT2D eigenvalue weighted by molar-refractivity contribution is -0.903. The van der Waals surface area contributed by atoms with E-state index >= 15 is 0 Å². The fourth-order valence-corrected chi connectivity index (χ4v) is 6.52. The molecule has 1 saturated heterocycles. The standard InChI is InChI=1S/C30H31N2O2.HI/c1-32(15-14-22-12-13-28-29(16-22)34-21-33-28)18-26-25(27(26)19-32)17-30(20-31,23-8-4-2-5-9-23)24-10-6-3-7-11-24;/h2-13,16,25-27H,14-15,17-19,21H2,1H3;1H/q+1;/p-1. The lowest BCUT2D eigenvalue weighted by Crippen LogP contribution is -3.00. The van der Waals surface area contributed by atoms with Crippen LogP contribution < -0.4 is 33.5 Å². The van der Waals surface area contributed by atoms with Gasteiger partial charge in [-0.3, -0.25) is 0 Å². The summed E-state index contributed by atoms with van der Waals surface area (Å²) in [6, 6.07) is 29.9. The first-order chi connectivity index (χ1) is 16.6. The number of halogens is 1. The molecule has 2 fully saturated rings. The fraction of sp³-hybridized carbons (Fsp3) is 0.367. The first kappa shape index (κ1) is 24.1. The van der Waals surface area contributed by atoms with Gasteiger partial charge in [-0.1, -0.05) is 66.7 Å². The van der Waals surface area contributed by atoms with Crippen LogP contribution in [-0.4, -0.2) is 38.0 Å². The van der Waals surface area contributed by atoms with Crippen molar-refractivity contribution in [3.05, 3.63) is 95.6 Å². The third-order valence-corrected chi connectivity index (χ3v) is 8.46. The zero-order chi connectivity index (χ0) is 23.2. The molecule has 2 atom stereocenters. The average Bonchev–Trinajstić information content (AvgIpc) is 3.21. The van der Waals surface area contributed by atoms with Gasteiger partial charge in [0.05, 0.1) is 32.8 Å². The monoisotopic (exact) mass is 578 g/mol. The molecule has 0 aromatic heterocycles. The average molecular weight is 578 g/mol. The summed E-state index contributed by atoms with van der Waals surface area (Å²) in [4.78, 5) is 0. The van der Waals surface area contributed by atoms with Crippen LogP contribution in [-0.2, 0) is 11.8 Å². The Morgan fingerprint density at radius 2 is 1.49 bits per heavy atom. The van der Waals surface area contributed by atoms with Crippen molar-refractivity contribution < 1.29 is 37.9 Å². The van der Waals surface area contributed by atoms with Crippen molar-refractivity contribution in [2.24, 2.45) is 17.8 Å². The highest BCUT2D eigenvalue weighted by Crippen LogP contribution is 2.59. The van der Waals surface area contributed by atoms with Crippen molar-refractivity contribution >= 4 is 0 Å². The maximum Gasteiger partial charge on any atom is 0.231 e. The smallest absolute Gasteiger partial charge is 0.231 e. The summed E-state index contributed by atoms with van der Waals surface area (Å²) in [5.41, 5.74) is 2.98. The van der Waals surface area contributed by atoms with E-state index in [2.05, 4.69) is 73.8 Å².